The fraction of sp³-hybridized carbons (Fsp3) is 0.700. The van der Waals surface area contributed by atoms with Crippen molar-refractivity contribution in [2.24, 2.45) is 5.73 Å². The van der Waals surface area contributed by atoms with Crippen LogP contribution in [-0.2, 0) is 14.8 Å². The van der Waals surface area contributed by atoms with Gasteiger partial charge in [-0.05, 0) is 12.8 Å². The molecule has 18 heavy (non-hydrogen) atoms. The SMILES string of the molecule is COC1CCN(S(=O)(=O)c2cn[nH]c2)C(CN)C1. The second-order valence-electron chi connectivity index (χ2n) is 4.32. The number of H-pyrrole nitrogens is 1. The van der Waals surface area contributed by atoms with Crippen molar-refractivity contribution < 1.29 is 13.2 Å². The fourth-order valence-electron chi connectivity index (χ4n) is 2.25. The molecule has 1 aliphatic heterocycles. The summed E-state index contributed by atoms with van der Waals surface area (Å²) in [6.45, 7) is 0.713. The molecule has 3 N–H and O–H groups in total. The smallest absolute Gasteiger partial charge is 0.246 e. The van der Waals surface area contributed by atoms with Gasteiger partial charge in [0.2, 0.25) is 10.0 Å². The van der Waals surface area contributed by atoms with Crippen LogP contribution in [0.15, 0.2) is 17.3 Å². The van der Waals surface area contributed by atoms with Crippen molar-refractivity contribution in [3.8, 4) is 0 Å². The fourth-order valence-corrected chi connectivity index (χ4v) is 3.82. The summed E-state index contributed by atoms with van der Waals surface area (Å²) in [6, 6.07) is -0.219. The number of nitrogens with zero attached hydrogens (tertiary/aromatic N) is 2. The van der Waals surface area contributed by atoms with Crippen molar-refractivity contribution in [1.29, 1.82) is 0 Å². The Kier molecular flexibility index (Phi) is 4.00. The van der Waals surface area contributed by atoms with E-state index >= 15 is 0 Å². The van der Waals surface area contributed by atoms with Crippen LogP contribution in [0.25, 0.3) is 0 Å². The Morgan fingerprint density at radius 3 is 3.00 bits per heavy atom. The van der Waals surface area contributed by atoms with E-state index in [2.05, 4.69) is 10.2 Å². The zero-order valence-corrected chi connectivity index (χ0v) is 11.1. The van der Waals surface area contributed by atoms with Crippen LogP contribution in [0, 0.1) is 0 Å². The third-order valence-electron chi connectivity index (χ3n) is 3.30. The molecule has 0 aromatic carbocycles. The largest absolute Gasteiger partial charge is 0.381 e. The van der Waals surface area contributed by atoms with Gasteiger partial charge in [0.05, 0.1) is 12.3 Å². The van der Waals surface area contributed by atoms with E-state index in [0.717, 1.165) is 0 Å². The molecule has 1 aromatic heterocycles. The molecular weight excluding hydrogens is 256 g/mol. The quantitative estimate of drug-likeness (QED) is 0.773. The number of ether oxygens (including phenoxy) is 1. The van der Waals surface area contributed by atoms with Crippen LogP contribution in [0.4, 0.5) is 0 Å². The molecule has 2 unspecified atom stereocenters. The number of aromatic nitrogens is 2. The molecule has 102 valence electrons. The number of hydrogen-bond acceptors (Lipinski definition) is 5. The number of piperidine rings is 1. The summed E-state index contributed by atoms with van der Waals surface area (Å²) in [7, 11) is -1.87. The number of nitrogens with two attached hydrogens (primary N) is 1. The zero-order chi connectivity index (χ0) is 13.2. The van der Waals surface area contributed by atoms with Gasteiger partial charge in [-0.3, -0.25) is 5.10 Å². The van der Waals surface area contributed by atoms with Gasteiger partial charge >= 0.3 is 0 Å². The molecule has 0 spiro atoms. The minimum Gasteiger partial charge on any atom is -0.381 e. The maximum atomic E-state index is 12.4. The number of hydrogen-bond donors (Lipinski definition) is 2. The van der Waals surface area contributed by atoms with Gasteiger partial charge in [0.25, 0.3) is 0 Å². The van der Waals surface area contributed by atoms with Gasteiger partial charge in [-0.25, -0.2) is 8.42 Å². The molecule has 0 aliphatic carbocycles. The third kappa shape index (κ3) is 2.41. The lowest BCUT2D eigenvalue weighted by molar-refractivity contribution is 0.0401. The summed E-state index contributed by atoms with van der Waals surface area (Å²) in [5, 5.41) is 6.19. The first-order valence-electron chi connectivity index (χ1n) is 5.83. The van der Waals surface area contributed by atoms with E-state index in [9.17, 15) is 8.42 Å². The lowest BCUT2D eigenvalue weighted by Gasteiger charge is -2.37. The monoisotopic (exact) mass is 274 g/mol. The summed E-state index contributed by atoms with van der Waals surface area (Å²) in [5.41, 5.74) is 5.68. The first-order chi connectivity index (χ1) is 8.59. The van der Waals surface area contributed by atoms with E-state index in [-0.39, 0.29) is 23.6 Å². The summed E-state index contributed by atoms with van der Waals surface area (Å²) >= 11 is 0. The molecule has 0 radical (unpaired) electrons. The van der Waals surface area contributed by atoms with E-state index in [1.807, 2.05) is 0 Å². The van der Waals surface area contributed by atoms with Crippen molar-refractivity contribution in [3.05, 3.63) is 12.4 Å². The summed E-state index contributed by atoms with van der Waals surface area (Å²) in [4.78, 5) is 0.178. The maximum Gasteiger partial charge on any atom is 0.246 e. The van der Waals surface area contributed by atoms with Crippen molar-refractivity contribution in [2.45, 2.75) is 29.9 Å². The van der Waals surface area contributed by atoms with Gasteiger partial charge in [0.1, 0.15) is 4.90 Å². The molecule has 2 atom stereocenters. The van der Waals surface area contributed by atoms with E-state index < -0.39 is 10.0 Å². The minimum absolute atomic E-state index is 0.0781. The highest BCUT2D eigenvalue weighted by Crippen LogP contribution is 2.25. The number of nitrogens with one attached hydrogen (secondary N) is 1. The van der Waals surface area contributed by atoms with Gasteiger partial charge in [0.15, 0.2) is 0 Å². The Bertz CT molecular complexity index is 473. The molecule has 2 heterocycles. The van der Waals surface area contributed by atoms with Crippen molar-refractivity contribution >= 4 is 10.0 Å². The summed E-state index contributed by atoms with van der Waals surface area (Å²) in [6.07, 6.45) is 4.08. The normalized spacial score (nSPS) is 26.3. The lowest BCUT2D eigenvalue weighted by Crippen LogP contribution is -2.50. The van der Waals surface area contributed by atoms with E-state index in [4.69, 9.17) is 10.5 Å². The molecule has 1 saturated heterocycles. The Morgan fingerprint density at radius 1 is 1.67 bits per heavy atom. The van der Waals surface area contributed by atoms with E-state index in [1.54, 1.807) is 7.11 Å². The van der Waals surface area contributed by atoms with Crippen LogP contribution < -0.4 is 5.73 Å². The number of rotatable bonds is 4. The lowest BCUT2D eigenvalue weighted by atomic mass is 10.0. The maximum absolute atomic E-state index is 12.4. The van der Waals surface area contributed by atoms with Crippen LogP contribution >= 0.6 is 0 Å². The second-order valence-corrected chi connectivity index (χ2v) is 6.21. The van der Waals surface area contributed by atoms with Crippen LogP contribution in [0.2, 0.25) is 0 Å². The first-order valence-corrected chi connectivity index (χ1v) is 7.27. The summed E-state index contributed by atoms with van der Waals surface area (Å²) < 4.78 is 31.5. The summed E-state index contributed by atoms with van der Waals surface area (Å²) in [5.74, 6) is 0. The standard InChI is InChI=1S/C10H18N4O3S/c1-17-9-2-3-14(8(4-9)5-11)18(15,16)10-6-12-13-7-10/h6-9H,2-5,11H2,1H3,(H,12,13). The van der Waals surface area contributed by atoms with Crippen molar-refractivity contribution in [2.75, 3.05) is 20.2 Å². The van der Waals surface area contributed by atoms with Crippen LogP contribution in [0.3, 0.4) is 0 Å². The molecule has 1 aromatic rings. The zero-order valence-electron chi connectivity index (χ0n) is 10.2. The van der Waals surface area contributed by atoms with Gasteiger partial charge in [0, 0.05) is 32.4 Å². The van der Waals surface area contributed by atoms with E-state index in [0.29, 0.717) is 19.4 Å². The van der Waals surface area contributed by atoms with E-state index in [1.165, 1.54) is 16.7 Å². The Morgan fingerprint density at radius 2 is 2.44 bits per heavy atom. The minimum atomic E-state index is -3.51. The first kappa shape index (κ1) is 13.5. The van der Waals surface area contributed by atoms with Crippen LogP contribution in [-0.4, -0.2) is 55.3 Å². The predicted molar refractivity (Wildman–Crippen MR) is 65.4 cm³/mol. The molecule has 0 amide bonds. The Hall–Kier alpha value is -0.960. The van der Waals surface area contributed by atoms with Gasteiger partial charge in [-0.15, -0.1) is 0 Å². The molecule has 7 nitrogen and oxygen atoms in total. The Labute approximate surface area is 106 Å². The number of aromatic amines is 1. The molecular formula is C10H18N4O3S. The highest BCUT2D eigenvalue weighted by atomic mass is 32.2. The van der Waals surface area contributed by atoms with Crippen molar-refractivity contribution in [1.82, 2.24) is 14.5 Å². The third-order valence-corrected chi connectivity index (χ3v) is 5.22. The number of sulfonamides is 1. The Balaban J connectivity index is 2.22. The second kappa shape index (κ2) is 5.35. The topological polar surface area (TPSA) is 101 Å². The highest BCUT2D eigenvalue weighted by Gasteiger charge is 2.36. The molecule has 0 saturated carbocycles. The highest BCUT2D eigenvalue weighted by molar-refractivity contribution is 7.89. The molecule has 1 fully saturated rings. The molecule has 0 bridgehead atoms. The van der Waals surface area contributed by atoms with Gasteiger partial charge in [-0.1, -0.05) is 0 Å². The average molecular weight is 274 g/mol. The van der Waals surface area contributed by atoms with Crippen LogP contribution in [0.5, 0.6) is 0 Å². The van der Waals surface area contributed by atoms with Gasteiger partial charge in [-0.2, -0.15) is 9.40 Å². The predicted octanol–water partition coefficient (Wildman–Crippen LogP) is -0.463. The molecule has 1 aliphatic rings. The number of methoxy groups -OCH3 is 1. The van der Waals surface area contributed by atoms with Crippen LogP contribution in [0.1, 0.15) is 12.8 Å². The van der Waals surface area contributed by atoms with Crippen molar-refractivity contribution in [3.63, 3.8) is 0 Å². The molecule has 2 rings (SSSR count). The van der Waals surface area contributed by atoms with Gasteiger partial charge < -0.3 is 10.5 Å². The average Bonchev–Trinajstić information content (AvgIpc) is 2.92. The molecule has 8 heteroatoms.